The predicted molar refractivity (Wildman–Crippen MR) is 72.7 cm³/mol. The molecule has 0 saturated carbocycles. The van der Waals surface area contributed by atoms with Gasteiger partial charge in [0.05, 0.1) is 18.2 Å². The molecule has 0 bridgehead atoms. The van der Waals surface area contributed by atoms with E-state index in [4.69, 9.17) is 4.42 Å². The number of hydrogen-bond donors (Lipinski definition) is 0. The van der Waals surface area contributed by atoms with Crippen molar-refractivity contribution in [3.8, 4) is 0 Å². The summed E-state index contributed by atoms with van der Waals surface area (Å²) in [5, 5.41) is 4.20. The first kappa shape index (κ1) is 12.5. The average molecular weight is 324 g/mol. The number of aromatic nitrogens is 2. The summed E-state index contributed by atoms with van der Waals surface area (Å²) in [6.45, 7) is 1.55. The molecule has 0 aromatic carbocycles. The zero-order valence-corrected chi connectivity index (χ0v) is 11.9. The second-order valence-electron chi connectivity index (χ2n) is 4.66. The van der Waals surface area contributed by atoms with Gasteiger partial charge in [0.2, 0.25) is 0 Å². The Kier molecular flexibility index (Phi) is 3.42. The van der Waals surface area contributed by atoms with E-state index in [1.54, 1.807) is 12.3 Å². The van der Waals surface area contributed by atoms with Gasteiger partial charge in [-0.05, 0) is 34.8 Å². The molecule has 0 spiro atoms. The largest absolute Gasteiger partial charge is 0.457 e. The van der Waals surface area contributed by atoms with Crippen LogP contribution >= 0.6 is 15.9 Å². The number of hydrogen-bond acceptors (Lipinski definition) is 3. The summed E-state index contributed by atoms with van der Waals surface area (Å²) in [6, 6.07) is 3.82. The lowest BCUT2D eigenvalue weighted by Crippen LogP contribution is -2.38. The molecule has 100 valence electrons. The minimum absolute atomic E-state index is 0.0316. The molecule has 19 heavy (non-hydrogen) atoms. The zero-order valence-electron chi connectivity index (χ0n) is 10.3. The van der Waals surface area contributed by atoms with Gasteiger partial charge in [-0.3, -0.25) is 9.48 Å². The number of halogens is 1. The van der Waals surface area contributed by atoms with E-state index in [-0.39, 0.29) is 11.9 Å². The van der Waals surface area contributed by atoms with Crippen LogP contribution < -0.4 is 0 Å². The number of furan rings is 1. The van der Waals surface area contributed by atoms with E-state index in [1.807, 2.05) is 21.8 Å². The monoisotopic (exact) mass is 323 g/mol. The molecular formula is C13H14BrN3O2. The third-order valence-electron chi connectivity index (χ3n) is 3.41. The zero-order chi connectivity index (χ0) is 13.2. The molecule has 0 N–H and O–H groups in total. The van der Waals surface area contributed by atoms with Crippen LogP contribution in [0.1, 0.15) is 23.2 Å². The SMILES string of the molecule is O=C(c1coc(Br)c1)N1CCC[C@@H]1Cn1cccn1. The highest BCUT2D eigenvalue weighted by molar-refractivity contribution is 9.10. The van der Waals surface area contributed by atoms with E-state index in [2.05, 4.69) is 21.0 Å². The van der Waals surface area contributed by atoms with Crippen LogP contribution in [-0.4, -0.2) is 33.2 Å². The Bertz CT molecular complexity index is 564. The lowest BCUT2D eigenvalue weighted by atomic mass is 10.2. The van der Waals surface area contributed by atoms with Gasteiger partial charge < -0.3 is 9.32 Å². The lowest BCUT2D eigenvalue weighted by molar-refractivity contribution is 0.0721. The number of carbonyl (C=O) groups excluding carboxylic acids is 1. The number of rotatable bonds is 3. The summed E-state index contributed by atoms with van der Waals surface area (Å²) < 4.78 is 7.60. The molecule has 0 aliphatic carbocycles. The normalized spacial score (nSPS) is 19.0. The maximum Gasteiger partial charge on any atom is 0.257 e. The molecule has 3 rings (SSSR count). The van der Waals surface area contributed by atoms with Crippen molar-refractivity contribution in [2.24, 2.45) is 0 Å². The first-order chi connectivity index (χ1) is 9.24. The van der Waals surface area contributed by atoms with E-state index in [0.29, 0.717) is 10.2 Å². The maximum absolute atomic E-state index is 12.4. The standard InChI is InChI=1S/C13H14BrN3O2/c14-12-7-10(9-19-12)13(18)17-6-1-3-11(17)8-16-5-2-4-15-16/h2,4-5,7,9,11H,1,3,6,8H2/t11-/m1/s1. The smallest absolute Gasteiger partial charge is 0.257 e. The lowest BCUT2D eigenvalue weighted by Gasteiger charge is -2.24. The van der Waals surface area contributed by atoms with Crippen molar-refractivity contribution in [1.29, 1.82) is 0 Å². The molecule has 1 fully saturated rings. The van der Waals surface area contributed by atoms with Crippen molar-refractivity contribution in [3.63, 3.8) is 0 Å². The molecule has 0 radical (unpaired) electrons. The maximum atomic E-state index is 12.4. The Balaban J connectivity index is 1.74. The quantitative estimate of drug-likeness (QED) is 0.872. The van der Waals surface area contributed by atoms with Gasteiger partial charge in [0.25, 0.3) is 5.91 Å². The Labute approximate surface area is 119 Å². The van der Waals surface area contributed by atoms with Crippen LogP contribution in [0.25, 0.3) is 0 Å². The Morgan fingerprint density at radius 2 is 2.47 bits per heavy atom. The molecular weight excluding hydrogens is 310 g/mol. The molecule has 1 aliphatic heterocycles. The molecule has 3 heterocycles. The van der Waals surface area contributed by atoms with Gasteiger partial charge in [0, 0.05) is 25.0 Å². The third-order valence-corrected chi connectivity index (χ3v) is 3.83. The Morgan fingerprint density at radius 1 is 1.58 bits per heavy atom. The van der Waals surface area contributed by atoms with Crippen LogP contribution in [0, 0.1) is 0 Å². The number of likely N-dealkylation sites (tertiary alicyclic amines) is 1. The number of carbonyl (C=O) groups is 1. The van der Waals surface area contributed by atoms with Crippen molar-refractivity contribution in [2.75, 3.05) is 6.54 Å². The summed E-state index contributed by atoms with van der Waals surface area (Å²) in [5.74, 6) is 0.0316. The highest BCUT2D eigenvalue weighted by Gasteiger charge is 2.30. The minimum Gasteiger partial charge on any atom is -0.457 e. The molecule has 6 heteroatoms. The van der Waals surface area contributed by atoms with Crippen LogP contribution in [0.15, 0.2) is 39.9 Å². The Hall–Kier alpha value is -1.56. The van der Waals surface area contributed by atoms with Crippen LogP contribution in [0.5, 0.6) is 0 Å². The second kappa shape index (κ2) is 5.21. The van der Waals surface area contributed by atoms with E-state index < -0.39 is 0 Å². The van der Waals surface area contributed by atoms with Crippen molar-refractivity contribution in [1.82, 2.24) is 14.7 Å². The summed E-state index contributed by atoms with van der Waals surface area (Å²) in [7, 11) is 0. The fourth-order valence-electron chi connectivity index (χ4n) is 2.51. The molecule has 1 saturated heterocycles. The molecule has 0 unspecified atom stereocenters. The summed E-state index contributed by atoms with van der Waals surface area (Å²) in [4.78, 5) is 14.3. The minimum atomic E-state index is 0.0316. The summed E-state index contributed by atoms with van der Waals surface area (Å²) in [5.41, 5.74) is 0.597. The van der Waals surface area contributed by atoms with Gasteiger partial charge in [0.1, 0.15) is 6.26 Å². The summed E-state index contributed by atoms with van der Waals surface area (Å²) >= 11 is 3.22. The number of amides is 1. The fourth-order valence-corrected chi connectivity index (χ4v) is 2.85. The molecule has 1 amide bonds. The third kappa shape index (κ3) is 2.58. The highest BCUT2D eigenvalue weighted by Crippen LogP contribution is 2.23. The van der Waals surface area contributed by atoms with Crippen molar-refractivity contribution in [2.45, 2.75) is 25.4 Å². The van der Waals surface area contributed by atoms with E-state index >= 15 is 0 Å². The molecule has 2 aromatic heterocycles. The number of nitrogens with zero attached hydrogens (tertiary/aromatic N) is 3. The van der Waals surface area contributed by atoms with E-state index in [0.717, 1.165) is 25.9 Å². The summed E-state index contributed by atoms with van der Waals surface area (Å²) in [6.07, 6.45) is 7.24. The van der Waals surface area contributed by atoms with Crippen LogP contribution in [0.2, 0.25) is 0 Å². The second-order valence-corrected chi connectivity index (χ2v) is 5.44. The molecule has 5 nitrogen and oxygen atoms in total. The van der Waals surface area contributed by atoms with Crippen molar-refractivity contribution >= 4 is 21.8 Å². The van der Waals surface area contributed by atoms with Crippen LogP contribution in [0.3, 0.4) is 0 Å². The van der Waals surface area contributed by atoms with E-state index in [1.165, 1.54) is 6.26 Å². The predicted octanol–water partition coefficient (Wildman–Crippen LogP) is 2.54. The van der Waals surface area contributed by atoms with E-state index in [9.17, 15) is 4.79 Å². The van der Waals surface area contributed by atoms with Gasteiger partial charge in [-0.1, -0.05) is 0 Å². The Morgan fingerprint density at radius 3 is 3.16 bits per heavy atom. The first-order valence-corrected chi connectivity index (χ1v) is 7.06. The van der Waals surface area contributed by atoms with Gasteiger partial charge in [-0.25, -0.2) is 0 Å². The average Bonchev–Trinajstić information content (AvgIpc) is 3.10. The van der Waals surface area contributed by atoms with Crippen molar-refractivity contribution in [3.05, 3.63) is 41.0 Å². The van der Waals surface area contributed by atoms with Gasteiger partial charge in [-0.2, -0.15) is 5.10 Å². The molecule has 1 aliphatic rings. The molecule has 2 aromatic rings. The first-order valence-electron chi connectivity index (χ1n) is 6.26. The van der Waals surface area contributed by atoms with Crippen molar-refractivity contribution < 1.29 is 9.21 Å². The van der Waals surface area contributed by atoms with Crippen LogP contribution in [0.4, 0.5) is 0 Å². The fraction of sp³-hybridized carbons (Fsp3) is 0.385. The van der Waals surface area contributed by atoms with Gasteiger partial charge in [0.15, 0.2) is 4.67 Å². The van der Waals surface area contributed by atoms with Gasteiger partial charge >= 0.3 is 0 Å². The van der Waals surface area contributed by atoms with Crippen LogP contribution in [-0.2, 0) is 6.54 Å². The molecule has 1 atom stereocenters. The van der Waals surface area contributed by atoms with Gasteiger partial charge in [-0.15, -0.1) is 0 Å². The highest BCUT2D eigenvalue weighted by atomic mass is 79.9. The topological polar surface area (TPSA) is 51.3 Å².